The van der Waals surface area contributed by atoms with E-state index >= 15 is 0 Å². The van der Waals surface area contributed by atoms with Crippen LogP contribution in [0.4, 0.5) is 11.4 Å². The Morgan fingerprint density at radius 1 is 0.857 bits per heavy atom. The Hall–Kier alpha value is -4.58. The third-order valence-electron chi connectivity index (χ3n) is 9.69. The number of nitrogens with zero attached hydrogens (tertiary/aromatic N) is 3. The van der Waals surface area contributed by atoms with Crippen molar-refractivity contribution in [3.63, 3.8) is 0 Å². The minimum absolute atomic E-state index is 0.118. The lowest BCUT2D eigenvalue weighted by molar-refractivity contribution is -0.386. The highest BCUT2D eigenvalue weighted by Gasteiger charge is 2.34. The van der Waals surface area contributed by atoms with Gasteiger partial charge in [-0.2, -0.15) is 0 Å². The summed E-state index contributed by atoms with van der Waals surface area (Å²) in [6.07, 6.45) is 6.44. The summed E-state index contributed by atoms with van der Waals surface area (Å²) in [6.45, 7) is 4.32. The third kappa shape index (κ3) is 8.18. The number of carbonyl (C=O) groups excluding carboxylic acids is 1. The second kappa shape index (κ2) is 15.3. The quantitative estimate of drug-likeness (QED) is 0.0978. The first-order valence-corrected chi connectivity index (χ1v) is 18.5. The summed E-state index contributed by atoms with van der Waals surface area (Å²) in [5, 5.41) is 17.8. The van der Waals surface area contributed by atoms with Gasteiger partial charge in [0.25, 0.3) is 0 Å². The zero-order valence-electron chi connectivity index (χ0n) is 27.5. The molecule has 6 rings (SSSR count). The van der Waals surface area contributed by atoms with Crippen molar-refractivity contribution < 1.29 is 22.9 Å². The highest BCUT2D eigenvalue weighted by atomic mass is 32.2. The smallest absolute Gasteiger partial charge is 0.323 e. The van der Waals surface area contributed by atoms with Crippen molar-refractivity contribution in [1.29, 1.82) is 0 Å². The third-order valence-corrected chi connectivity index (χ3v) is 10.6. The zero-order chi connectivity index (χ0) is 34.4. The van der Waals surface area contributed by atoms with Crippen LogP contribution >= 0.6 is 0 Å². The molecule has 1 aliphatic heterocycles. The van der Waals surface area contributed by atoms with Gasteiger partial charge in [0, 0.05) is 44.0 Å². The second-order valence-corrected chi connectivity index (χ2v) is 14.4. The number of primary sulfonamides is 1. The van der Waals surface area contributed by atoms with Crippen LogP contribution in [0.3, 0.4) is 0 Å². The fourth-order valence-corrected chi connectivity index (χ4v) is 7.78. The van der Waals surface area contributed by atoms with Gasteiger partial charge in [0.05, 0.1) is 11.5 Å². The molecular formula is C38H42N4O6S. The number of benzene rings is 4. The summed E-state index contributed by atoms with van der Waals surface area (Å²) in [6, 6.07) is 27.9. The van der Waals surface area contributed by atoms with Crippen LogP contribution in [0.25, 0.3) is 11.1 Å². The number of hydrogen-bond acceptors (Lipinski definition) is 8. The Labute approximate surface area is 287 Å². The van der Waals surface area contributed by atoms with Gasteiger partial charge in [-0.1, -0.05) is 86.7 Å². The summed E-state index contributed by atoms with van der Waals surface area (Å²) in [5.41, 5.74) is 3.45. The van der Waals surface area contributed by atoms with Crippen molar-refractivity contribution in [2.75, 3.05) is 37.7 Å². The average molecular weight is 683 g/mol. The van der Waals surface area contributed by atoms with Crippen LogP contribution in [0.2, 0.25) is 0 Å². The predicted octanol–water partition coefficient (Wildman–Crippen LogP) is 6.81. The Balaban J connectivity index is 1.15. The van der Waals surface area contributed by atoms with Gasteiger partial charge in [-0.15, -0.1) is 0 Å². The van der Waals surface area contributed by atoms with E-state index in [0.717, 1.165) is 76.6 Å². The molecule has 0 amide bonds. The van der Waals surface area contributed by atoms with E-state index in [0.29, 0.717) is 5.92 Å². The Bertz CT molecular complexity index is 1890. The van der Waals surface area contributed by atoms with E-state index in [1.54, 1.807) is 24.3 Å². The van der Waals surface area contributed by atoms with Crippen LogP contribution in [0, 0.1) is 16.0 Å². The molecule has 49 heavy (non-hydrogen) atoms. The van der Waals surface area contributed by atoms with Gasteiger partial charge in [0.1, 0.15) is 10.5 Å². The van der Waals surface area contributed by atoms with E-state index < -0.39 is 36.9 Å². The molecule has 0 unspecified atom stereocenters. The molecule has 4 aromatic rings. The molecule has 0 spiro atoms. The summed E-state index contributed by atoms with van der Waals surface area (Å²) >= 11 is 0. The van der Waals surface area contributed by atoms with Gasteiger partial charge >= 0.3 is 5.69 Å². The van der Waals surface area contributed by atoms with Crippen molar-refractivity contribution >= 4 is 27.2 Å². The number of anilines is 1. The molecule has 1 saturated carbocycles. The molecular weight excluding hydrogens is 641 g/mol. The maximum atomic E-state index is 13.8. The minimum Gasteiger partial charge on any atom is -0.487 e. The van der Waals surface area contributed by atoms with Gasteiger partial charge < -0.3 is 9.64 Å². The van der Waals surface area contributed by atoms with Gasteiger partial charge in [0.15, 0.2) is 5.75 Å². The van der Waals surface area contributed by atoms with Crippen LogP contribution in [0.5, 0.6) is 5.75 Å². The van der Waals surface area contributed by atoms with Gasteiger partial charge in [0.2, 0.25) is 15.8 Å². The topological polar surface area (TPSA) is 136 Å². The normalized spacial score (nSPS) is 16.0. The van der Waals surface area contributed by atoms with Crippen molar-refractivity contribution in [1.82, 2.24) is 4.90 Å². The van der Waals surface area contributed by atoms with Gasteiger partial charge in [-0.25, -0.2) is 13.6 Å². The maximum Gasteiger partial charge on any atom is 0.323 e. The molecule has 2 N–H and O–H groups in total. The van der Waals surface area contributed by atoms with Gasteiger partial charge in [-0.05, 0) is 65.4 Å². The predicted molar refractivity (Wildman–Crippen MR) is 190 cm³/mol. The Morgan fingerprint density at radius 2 is 1.53 bits per heavy atom. The lowest BCUT2D eigenvalue weighted by Crippen LogP contribution is -2.46. The maximum absolute atomic E-state index is 13.8. The molecule has 11 heteroatoms. The van der Waals surface area contributed by atoms with E-state index in [1.807, 2.05) is 6.07 Å². The zero-order valence-corrected chi connectivity index (χ0v) is 28.3. The van der Waals surface area contributed by atoms with E-state index in [-0.39, 0.29) is 17.9 Å². The minimum atomic E-state index is -4.46. The summed E-state index contributed by atoms with van der Waals surface area (Å²) in [4.78, 5) is 29.5. The van der Waals surface area contributed by atoms with E-state index in [1.165, 1.54) is 29.2 Å². The molecule has 0 atom stereocenters. The highest BCUT2D eigenvalue weighted by Crippen LogP contribution is 2.37. The number of sulfonamides is 1. The number of hydrogen-bond donors (Lipinski definition) is 1. The molecule has 2 fully saturated rings. The number of rotatable bonds is 12. The number of nitro groups is 1. The van der Waals surface area contributed by atoms with Crippen LogP contribution in [0.15, 0.2) is 95.9 Å². The van der Waals surface area contributed by atoms with E-state index in [9.17, 15) is 23.3 Å². The molecule has 1 aliphatic carbocycles. The van der Waals surface area contributed by atoms with Crippen molar-refractivity contribution in [3.8, 4) is 16.9 Å². The first-order chi connectivity index (χ1) is 23.7. The molecule has 4 aromatic carbocycles. The first kappa shape index (κ1) is 34.3. The number of ketones is 1. The standard InChI is InChI=1S/C38H42N4O6S/c39-49(46,47)35-20-19-34(48-26-21-28-9-3-1-4-10-28)37(42(44)45)36(35)38(43)30-15-17-32(18-16-30)41-24-22-40(23-25-41)27-31-13-7-8-14-33(31)29-11-5-2-6-12-29/h2,5-8,11-20,28H,1,3-4,9-10,21-27H2,(H2,39,46,47). The number of ether oxygens (including phenoxy) is 1. The van der Waals surface area contributed by atoms with Crippen LogP contribution < -0.4 is 14.8 Å². The molecule has 2 aliphatic rings. The number of carbonyl (C=O) groups is 1. The average Bonchev–Trinajstić information content (AvgIpc) is 3.12. The van der Waals surface area contributed by atoms with E-state index in [2.05, 4.69) is 58.3 Å². The fraction of sp³-hybridized carbons (Fsp3) is 0.342. The second-order valence-electron chi connectivity index (χ2n) is 12.9. The fourth-order valence-electron chi connectivity index (χ4n) is 7.05. The van der Waals surface area contributed by atoms with Crippen LogP contribution in [-0.2, 0) is 16.6 Å². The number of nitro benzene ring substituents is 1. The summed E-state index contributed by atoms with van der Waals surface area (Å²) in [7, 11) is -4.46. The van der Waals surface area contributed by atoms with E-state index in [4.69, 9.17) is 9.88 Å². The molecule has 1 saturated heterocycles. The largest absolute Gasteiger partial charge is 0.487 e. The van der Waals surface area contributed by atoms with Crippen LogP contribution in [0.1, 0.15) is 60.0 Å². The SMILES string of the molecule is NS(=O)(=O)c1ccc(OCCC2CCCCC2)c([N+](=O)[O-])c1C(=O)c1ccc(N2CCN(Cc3ccccc3-c3ccccc3)CC2)cc1. The molecule has 256 valence electrons. The Kier molecular flexibility index (Phi) is 10.7. The monoisotopic (exact) mass is 682 g/mol. The lowest BCUT2D eigenvalue weighted by atomic mass is 9.87. The summed E-state index contributed by atoms with van der Waals surface area (Å²) < 4.78 is 30.9. The molecule has 10 nitrogen and oxygen atoms in total. The van der Waals surface area contributed by atoms with Crippen molar-refractivity contribution in [3.05, 3.63) is 118 Å². The lowest BCUT2D eigenvalue weighted by Gasteiger charge is -2.36. The van der Waals surface area contributed by atoms with Crippen LogP contribution in [-0.4, -0.2) is 56.8 Å². The first-order valence-electron chi connectivity index (χ1n) is 16.9. The number of nitrogens with two attached hydrogens (primary N) is 1. The molecule has 0 aromatic heterocycles. The van der Waals surface area contributed by atoms with Crippen molar-refractivity contribution in [2.24, 2.45) is 11.1 Å². The molecule has 0 bridgehead atoms. The molecule has 0 radical (unpaired) electrons. The van der Waals surface area contributed by atoms with Gasteiger partial charge in [-0.3, -0.25) is 19.8 Å². The summed E-state index contributed by atoms with van der Waals surface area (Å²) in [5.74, 6) is -0.463. The Morgan fingerprint density at radius 3 is 2.20 bits per heavy atom. The molecule has 1 heterocycles. The highest BCUT2D eigenvalue weighted by molar-refractivity contribution is 7.89. The van der Waals surface area contributed by atoms with Crippen molar-refractivity contribution in [2.45, 2.75) is 50.0 Å². The number of piperazine rings is 1.